The van der Waals surface area contributed by atoms with Gasteiger partial charge in [-0.15, -0.1) is 0 Å². The minimum Gasteiger partial charge on any atom is -0.361 e. The summed E-state index contributed by atoms with van der Waals surface area (Å²) in [4.78, 5) is 0.289. The van der Waals surface area contributed by atoms with Crippen molar-refractivity contribution in [3.63, 3.8) is 0 Å². The second-order valence-electron chi connectivity index (χ2n) is 4.88. The molecule has 6 heteroatoms. The maximum absolute atomic E-state index is 12.5. The molecule has 0 spiro atoms. The molecule has 0 saturated carbocycles. The predicted octanol–water partition coefficient (Wildman–Crippen LogP) is 2.42. The zero-order valence-electron chi connectivity index (χ0n) is 12.0. The maximum Gasteiger partial charge on any atom is 0.243 e. The number of aromatic nitrogens is 1. The Hall–Kier alpha value is -1.66. The monoisotopic (exact) mass is 294 g/mol. The number of nitrogens with zero attached hydrogens (tertiary/aromatic N) is 2. The fourth-order valence-corrected chi connectivity index (χ4v) is 3.06. The lowest BCUT2D eigenvalue weighted by Crippen LogP contribution is -2.26. The summed E-state index contributed by atoms with van der Waals surface area (Å²) < 4.78 is 31.3. The van der Waals surface area contributed by atoms with Crippen LogP contribution < -0.4 is 0 Å². The fraction of sp³-hybridized carbons (Fsp3) is 0.357. The number of benzene rings is 1. The quantitative estimate of drug-likeness (QED) is 0.868. The molecule has 5 nitrogen and oxygen atoms in total. The minimum absolute atomic E-state index is 0.247. The van der Waals surface area contributed by atoms with Crippen LogP contribution in [0, 0.1) is 20.8 Å². The van der Waals surface area contributed by atoms with Gasteiger partial charge in [0, 0.05) is 19.2 Å². The smallest absolute Gasteiger partial charge is 0.243 e. The zero-order valence-corrected chi connectivity index (χ0v) is 12.9. The molecule has 1 aromatic heterocycles. The first-order chi connectivity index (χ1) is 9.32. The van der Waals surface area contributed by atoms with Gasteiger partial charge >= 0.3 is 0 Å². The average molecular weight is 294 g/mol. The lowest BCUT2D eigenvalue weighted by molar-refractivity contribution is 0.390. The van der Waals surface area contributed by atoms with Gasteiger partial charge in [-0.1, -0.05) is 22.9 Å². The molecule has 0 aliphatic heterocycles. The number of sulfonamides is 1. The van der Waals surface area contributed by atoms with Crippen molar-refractivity contribution in [3.05, 3.63) is 46.8 Å². The zero-order chi connectivity index (χ0) is 14.9. The topological polar surface area (TPSA) is 63.4 Å². The van der Waals surface area contributed by atoms with Crippen LogP contribution in [-0.2, 0) is 16.6 Å². The van der Waals surface area contributed by atoms with Crippen molar-refractivity contribution < 1.29 is 12.9 Å². The van der Waals surface area contributed by atoms with Gasteiger partial charge in [0.05, 0.1) is 10.6 Å². The molecule has 0 radical (unpaired) electrons. The molecule has 0 aliphatic rings. The molecular formula is C14H18N2O3S. The summed E-state index contributed by atoms with van der Waals surface area (Å²) in [5, 5.41) is 3.84. The van der Waals surface area contributed by atoms with Crippen molar-refractivity contribution in [2.45, 2.75) is 32.2 Å². The highest BCUT2D eigenvalue weighted by atomic mass is 32.2. The van der Waals surface area contributed by atoms with Gasteiger partial charge in [-0.05, 0) is 32.9 Å². The molecule has 0 unspecified atom stereocenters. The van der Waals surface area contributed by atoms with Crippen LogP contribution in [0.2, 0.25) is 0 Å². The van der Waals surface area contributed by atoms with E-state index in [1.165, 1.54) is 4.31 Å². The SMILES string of the molecule is Cc1ccc(S(=O)(=O)N(C)Cc2c(C)noc2C)cc1. The van der Waals surface area contributed by atoms with Crippen LogP contribution in [0.15, 0.2) is 33.7 Å². The first kappa shape index (κ1) is 14.7. The van der Waals surface area contributed by atoms with Gasteiger partial charge in [-0.3, -0.25) is 0 Å². The molecular weight excluding hydrogens is 276 g/mol. The van der Waals surface area contributed by atoms with Crippen molar-refractivity contribution in [2.75, 3.05) is 7.05 Å². The minimum atomic E-state index is -3.50. The van der Waals surface area contributed by atoms with Crippen LogP contribution in [0.3, 0.4) is 0 Å². The molecule has 0 bridgehead atoms. The summed E-state index contributed by atoms with van der Waals surface area (Å²) in [6, 6.07) is 6.82. The number of rotatable bonds is 4. The molecule has 0 fully saturated rings. The largest absolute Gasteiger partial charge is 0.361 e. The third kappa shape index (κ3) is 2.76. The van der Waals surface area contributed by atoms with Crippen molar-refractivity contribution in [1.82, 2.24) is 9.46 Å². The van der Waals surface area contributed by atoms with Gasteiger partial charge in [-0.2, -0.15) is 4.31 Å². The molecule has 1 heterocycles. The molecule has 20 heavy (non-hydrogen) atoms. The van der Waals surface area contributed by atoms with Gasteiger partial charge in [-0.25, -0.2) is 8.42 Å². The van der Waals surface area contributed by atoms with Crippen molar-refractivity contribution in [1.29, 1.82) is 0 Å². The Kier molecular flexibility index (Phi) is 3.96. The van der Waals surface area contributed by atoms with E-state index in [-0.39, 0.29) is 11.4 Å². The summed E-state index contributed by atoms with van der Waals surface area (Å²) in [6.07, 6.45) is 0. The highest BCUT2D eigenvalue weighted by molar-refractivity contribution is 7.89. The summed E-state index contributed by atoms with van der Waals surface area (Å²) in [7, 11) is -1.94. The molecule has 0 aliphatic carbocycles. The normalized spacial score (nSPS) is 12.1. The second-order valence-corrected chi connectivity index (χ2v) is 6.92. The Morgan fingerprint density at radius 3 is 2.25 bits per heavy atom. The maximum atomic E-state index is 12.5. The first-order valence-electron chi connectivity index (χ1n) is 6.27. The van der Waals surface area contributed by atoms with E-state index in [1.54, 1.807) is 45.2 Å². The third-order valence-electron chi connectivity index (χ3n) is 3.29. The first-order valence-corrected chi connectivity index (χ1v) is 7.71. The summed E-state index contributed by atoms with van der Waals surface area (Å²) >= 11 is 0. The molecule has 0 amide bonds. The summed E-state index contributed by atoms with van der Waals surface area (Å²) in [5.74, 6) is 0.647. The van der Waals surface area contributed by atoms with E-state index in [2.05, 4.69) is 5.16 Å². The van der Waals surface area contributed by atoms with Crippen LogP contribution in [0.4, 0.5) is 0 Å². The fourth-order valence-electron chi connectivity index (χ4n) is 1.93. The van der Waals surface area contributed by atoms with Gasteiger partial charge in [0.25, 0.3) is 0 Å². The van der Waals surface area contributed by atoms with Gasteiger partial charge in [0.1, 0.15) is 5.76 Å². The van der Waals surface area contributed by atoms with Gasteiger partial charge in [0.15, 0.2) is 0 Å². The van der Waals surface area contributed by atoms with E-state index in [0.29, 0.717) is 11.5 Å². The highest BCUT2D eigenvalue weighted by Gasteiger charge is 2.23. The number of hydrogen-bond acceptors (Lipinski definition) is 4. The number of aryl methyl sites for hydroxylation is 3. The molecule has 108 valence electrons. The Balaban J connectivity index is 2.28. The Labute approximate surface area is 119 Å². The summed E-state index contributed by atoms with van der Waals surface area (Å²) in [6.45, 7) is 5.75. The molecule has 2 rings (SSSR count). The number of hydrogen-bond donors (Lipinski definition) is 0. The summed E-state index contributed by atoms with van der Waals surface area (Å²) in [5.41, 5.74) is 2.55. The lowest BCUT2D eigenvalue weighted by Gasteiger charge is -2.17. The van der Waals surface area contributed by atoms with E-state index in [4.69, 9.17) is 4.52 Å². The van der Waals surface area contributed by atoms with Crippen molar-refractivity contribution in [3.8, 4) is 0 Å². The Morgan fingerprint density at radius 2 is 1.75 bits per heavy atom. The molecule has 0 atom stereocenters. The lowest BCUT2D eigenvalue weighted by atomic mass is 10.2. The van der Waals surface area contributed by atoms with E-state index in [1.807, 2.05) is 6.92 Å². The third-order valence-corrected chi connectivity index (χ3v) is 5.11. The van der Waals surface area contributed by atoms with E-state index in [9.17, 15) is 8.42 Å². The van der Waals surface area contributed by atoms with Crippen molar-refractivity contribution in [2.24, 2.45) is 0 Å². The van der Waals surface area contributed by atoms with Crippen LogP contribution in [0.25, 0.3) is 0 Å². The Bertz CT molecular complexity index is 683. The van der Waals surface area contributed by atoms with Crippen molar-refractivity contribution >= 4 is 10.0 Å². The second kappa shape index (κ2) is 5.38. The predicted molar refractivity (Wildman–Crippen MR) is 75.8 cm³/mol. The Morgan fingerprint density at radius 1 is 1.15 bits per heavy atom. The molecule has 2 aromatic rings. The van der Waals surface area contributed by atoms with Crippen LogP contribution in [-0.4, -0.2) is 24.9 Å². The van der Waals surface area contributed by atoms with Gasteiger partial charge < -0.3 is 4.52 Å². The average Bonchev–Trinajstić information content (AvgIpc) is 2.71. The molecule has 0 saturated heterocycles. The van der Waals surface area contributed by atoms with Gasteiger partial charge in [0.2, 0.25) is 10.0 Å². The molecule has 0 N–H and O–H groups in total. The standard InChI is InChI=1S/C14H18N2O3S/c1-10-5-7-13(8-6-10)20(17,18)16(4)9-14-11(2)15-19-12(14)3/h5-8H,9H2,1-4H3. The van der Waals surface area contributed by atoms with Crippen LogP contribution in [0.5, 0.6) is 0 Å². The van der Waals surface area contributed by atoms with E-state index >= 15 is 0 Å². The van der Waals surface area contributed by atoms with Crippen LogP contribution in [0.1, 0.15) is 22.6 Å². The van der Waals surface area contributed by atoms with E-state index < -0.39 is 10.0 Å². The molecule has 1 aromatic carbocycles. The van der Waals surface area contributed by atoms with Crippen LogP contribution >= 0.6 is 0 Å². The van der Waals surface area contributed by atoms with E-state index in [0.717, 1.165) is 11.1 Å². The highest BCUT2D eigenvalue weighted by Crippen LogP contribution is 2.20.